The molecule has 1 saturated heterocycles. The number of ether oxygens (including phenoxy) is 1. The number of carbonyl (C=O) groups excluding carboxylic acids is 1. The molecule has 0 radical (unpaired) electrons. The van der Waals surface area contributed by atoms with Gasteiger partial charge in [0, 0.05) is 19.0 Å². The molecule has 1 aliphatic heterocycles. The zero-order valence-corrected chi connectivity index (χ0v) is 9.56. The maximum atomic E-state index is 11.7. The predicted molar refractivity (Wildman–Crippen MR) is 56.5 cm³/mol. The lowest BCUT2D eigenvalue weighted by Gasteiger charge is -2.22. The Morgan fingerprint density at radius 3 is 2.93 bits per heavy atom. The van der Waals surface area contributed by atoms with Crippen molar-refractivity contribution >= 4 is 17.5 Å². The van der Waals surface area contributed by atoms with Crippen LogP contribution in [0.3, 0.4) is 0 Å². The van der Waals surface area contributed by atoms with Crippen molar-refractivity contribution in [3.8, 4) is 0 Å². The molecule has 1 rings (SSSR count). The molecule has 4 heteroatoms. The lowest BCUT2D eigenvalue weighted by atomic mass is 10.0. The average molecular weight is 220 g/mol. The van der Waals surface area contributed by atoms with E-state index in [1.54, 1.807) is 0 Å². The minimum Gasteiger partial charge on any atom is -0.365 e. The van der Waals surface area contributed by atoms with E-state index in [-0.39, 0.29) is 5.91 Å². The van der Waals surface area contributed by atoms with Gasteiger partial charge < -0.3 is 10.1 Å². The van der Waals surface area contributed by atoms with Gasteiger partial charge in [0.15, 0.2) is 0 Å². The van der Waals surface area contributed by atoms with Crippen LogP contribution in [0.5, 0.6) is 0 Å². The third-order valence-corrected chi connectivity index (χ3v) is 3.10. The molecule has 1 amide bonds. The van der Waals surface area contributed by atoms with E-state index in [1.165, 1.54) is 0 Å². The summed E-state index contributed by atoms with van der Waals surface area (Å²) in [7, 11) is 0. The summed E-state index contributed by atoms with van der Waals surface area (Å²) < 4.78 is 5.42. The van der Waals surface area contributed by atoms with Crippen LogP contribution in [0.15, 0.2) is 0 Å². The third-order valence-electron chi connectivity index (χ3n) is 2.57. The van der Waals surface area contributed by atoms with Gasteiger partial charge in [-0.1, -0.05) is 6.92 Å². The fourth-order valence-electron chi connectivity index (χ4n) is 1.47. The fourth-order valence-corrected chi connectivity index (χ4v) is 1.58. The van der Waals surface area contributed by atoms with E-state index in [4.69, 9.17) is 16.3 Å². The Kier molecular flexibility index (Phi) is 4.20. The highest BCUT2D eigenvalue weighted by Crippen LogP contribution is 2.24. The van der Waals surface area contributed by atoms with E-state index in [9.17, 15) is 4.79 Å². The van der Waals surface area contributed by atoms with E-state index in [2.05, 4.69) is 5.32 Å². The SMILES string of the molecule is CC(CCl)CNC(=O)C1(C)CCCO1. The molecule has 2 atom stereocenters. The number of alkyl halides is 1. The van der Waals surface area contributed by atoms with Crippen LogP contribution >= 0.6 is 11.6 Å². The Morgan fingerprint density at radius 1 is 1.71 bits per heavy atom. The summed E-state index contributed by atoms with van der Waals surface area (Å²) in [5, 5.41) is 2.87. The normalized spacial score (nSPS) is 28.8. The second-order valence-corrected chi connectivity index (χ2v) is 4.46. The number of nitrogens with one attached hydrogen (secondary N) is 1. The largest absolute Gasteiger partial charge is 0.365 e. The first-order valence-corrected chi connectivity index (χ1v) is 5.60. The fraction of sp³-hybridized carbons (Fsp3) is 0.900. The summed E-state index contributed by atoms with van der Waals surface area (Å²) in [6, 6.07) is 0. The minimum atomic E-state index is -0.605. The van der Waals surface area contributed by atoms with Gasteiger partial charge >= 0.3 is 0 Å². The molecule has 14 heavy (non-hydrogen) atoms. The van der Waals surface area contributed by atoms with Gasteiger partial charge in [0.1, 0.15) is 5.60 Å². The Balaban J connectivity index is 2.34. The van der Waals surface area contributed by atoms with Crippen LogP contribution in [-0.2, 0) is 9.53 Å². The Morgan fingerprint density at radius 2 is 2.43 bits per heavy atom. The van der Waals surface area contributed by atoms with Crippen LogP contribution in [-0.4, -0.2) is 30.5 Å². The molecule has 1 fully saturated rings. The summed E-state index contributed by atoms with van der Waals surface area (Å²) in [4.78, 5) is 11.7. The Hall–Kier alpha value is -0.280. The number of amides is 1. The minimum absolute atomic E-state index is 0.00744. The van der Waals surface area contributed by atoms with Gasteiger partial charge in [0.2, 0.25) is 0 Å². The van der Waals surface area contributed by atoms with Gasteiger partial charge in [0.05, 0.1) is 0 Å². The second kappa shape index (κ2) is 4.99. The van der Waals surface area contributed by atoms with Gasteiger partial charge in [0.25, 0.3) is 5.91 Å². The highest BCUT2D eigenvalue weighted by atomic mass is 35.5. The predicted octanol–water partition coefficient (Wildman–Crippen LogP) is 1.55. The van der Waals surface area contributed by atoms with Crippen LogP contribution in [0.25, 0.3) is 0 Å². The standard InChI is InChI=1S/C10H18ClNO2/c1-8(6-11)7-12-9(13)10(2)4-3-5-14-10/h8H,3-7H2,1-2H3,(H,12,13). The third kappa shape index (κ3) is 2.85. The van der Waals surface area contributed by atoms with Gasteiger partial charge in [-0.3, -0.25) is 4.79 Å². The first-order valence-electron chi connectivity index (χ1n) is 5.07. The van der Waals surface area contributed by atoms with Crippen LogP contribution in [0.2, 0.25) is 0 Å². The number of hydrogen-bond acceptors (Lipinski definition) is 2. The molecule has 0 bridgehead atoms. The highest BCUT2D eigenvalue weighted by molar-refractivity contribution is 6.18. The molecule has 0 spiro atoms. The highest BCUT2D eigenvalue weighted by Gasteiger charge is 2.37. The Bertz CT molecular complexity index is 202. The van der Waals surface area contributed by atoms with Crippen molar-refractivity contribution in [1.82, 2.24) is 5.32 Å². The summed E-state index contributed by atoms with van der Waals surface area (Å²) in [6.45, 7) is 5.17. The van der Waals surface area contributed by atoms with E-state index >= 15 is 0 Å². The average Bonchev–Trinajstić information content (AvgIpc) is 2.62. The second-order valence-electron chi connectivity index (χ2n) is 4.15. The molecule has 1 N–H and O–H groups in total. The van der Waals surface area contributed by atoms with Crippen molar-refractivity contribution in [2.45, 2.75) is 32.3 Å². The summed E-state index contributed by atoms with van der Waals surface area (Å²) in [5.41, 5.74) is -0.605. The van der Waals surface area contributed by atoms with E-state index in [0.717, 1.165) is 12.8 Å². The Labute approximate surface area is 90.1 Å². The number of hydrogen-bond donors (Lipinski definition) is 1. The maximum Gasteiger partial charge on any atom is 0.251 e. The monoisotopic (exact) mass is 219 g/mol. The van der Waals surface area contributed by atoms with Crippen LogP contribution in [0.4, 0.5) is 0 Å². The lowest BCUT2D eigenvalue weighted by molar-refractivity contribution is -0.139. The first-order chi connectivity index (χ1) is 6.58. The van der Waals surface area contributed by atoms with Gasteiger partial charge in [-0.25, -0.2) is 0 Å². The molecule has 2 unspecified atom stereocenters. The molecule has 0 aromatic rings. The first kappa shape index (κ1) is 11.8. The van der Waals surface area contributed by atoms with Crippen LogP contribution < -0.4 is 5.32 Å². The van der Waals surface area contributed by atoms with Crippen molar-refractivity contribution in [3.05, 3.63) is 0 Å². The van der Waals surface area contributed by atoms with Gasteiger partial charge in [-0.2, -0.15) is 0 Å². The quantitative estimate of drug-likeness (QED) is 0.729. The molecular weight excluding hydrogens is 202 g/mol. The molecule has 0 aromatic heterocycles. The molecule has 82 valence electrons. The van der Waals surface area contributed by atoms with Crippen LogP contribution in [0, 0.1) is 5.92 Å². The van der Waals surface area contributed by atoms with Gasteiger partial charge in [-0.15, -0.1) is 11.6 Å². The molecule has 1 heterocycles. The van der Waals surface area contributed by atoms with Crippen molar-refractivity contribution in [2.75, 3.05) is 19.0 Å². The van der Waals surface area contributed by atoms with E-state index in [1.807, 2.05) is 13.8 Å². The molecule has 0 aliphatic carbocycles. The zero-order chi connectivity index (χ0) is 10.6. The molecule has 0 saturated carbocycles. The van der Waals surface area contributed by atoms with Crippen molar-refractivity contribution in [2.24, 2.45) is 5.92 Å². The number of halogens is 1. The maximum absolute atomic E-state index is 11.7. The summed E-state index contributed by atoms with van der Waals surface area (Å²) in [5.74, 6) is 0.871. The van der Waals surface area contributed by atoms with Crippen molar-refractivity contribution < 1.29 is 9.53 Å². The van der Waals surface area contributed by atoms with Crippen molar-refractivity contribution in [1.29, 1.82) is 0 Å². The molecular formula is C10H18ClNO2. The summed E-state index contributed by atoms with van der Waals surface area (Å²) >= 11 is 5.65. The lowest BCUT2D eigenvalue weighted by Crippen LogP contribution is -2.45. The number of carbonyl (C=O) groups is 1. The molecule has 3 nitrogen and oxygen atoms in total. The van der Waals surface area contributed by atoms with Crippen molar-refractivity contribution in [3.63, 3.8) is 0 Å². The molecule has 0 aromatic carbocycles. The van der Waals surface area contributed by atoms with E-state index in [0.29, 0.717) is 24.9 Å². The number of rotatable bonds is 4. The summed E-state index contributed by atoms with van der Waals surface area (Å²) in [6.07, 6.45) is 1.78. The smallest absolute Gasteiger partial charge is 0.251 e. The van der Waals surface area contributed by atoms with Crippen LogP contribution in [0.1, 0.15) is 26.7 Å². The van der Waals surface area contributed by atoms with Gasteiger partial charge in [-0.05, 0) is 25.7 Å². The topological polar surface area (TPSA) is 38.3 Å². The zero-order valence-electron chi connectivity index (χ0n) is 8.81. The van der Waals surface area contributed by atoms with E-state index < -0.39 is 5.60 Å². The molecule has 1 aliphatic rings.